The van der Waals surface area contributed by atoms with Crippen molar-refractivity contribution >= 4 is 11.8 Å². The van der Waals surface area contributed by atoms with E-state index in [1.54, 1.807) is 5.57 Å². The molecule has 4 unspecified atom stereocenters. The van der Waals surface area contributed by atoms with Gasteiger partial charge in [0.15, 0.2) is 0 Å². The van der Waals surface area contributed by atoms with Gasteiger partial charge in [0.25, 0.3) is 0 Å². The van der Waals surface area contributed by atoms with E-state index in [9.17, 15) is 5.11 Å². The first-order valence-corrected chi connectivity index (χ1v) is 9.77. The maximum absolute atomic E-state index is 12.1. The van der Waals surface area contributed by atoms with Crippen molar-refractivity contribution < 1.29 is 5.11 Å². The third kappa shape index (κ3) is 1.40. The largest absolute Gasteiger partial charge is 0.384 e. The summed E-state index contributed by atoms with van der Waals surface area (Å²) in [6.07, 6.45) is 11.9. The lowest BCUT2D eigenvalue weighted by Gasteiger charge is -2.42. The van der Waals surface area contributed by atoms with Gasteiger partial charge < -0.3 is 5.11 Å². The summed E-state index contributed by atoms with van der Waals surface area (Å²) in [7, 11) is 0. The number of rotatable bonds is 1. The van der Waals surface area contributed by atoms with Crippen LogP contribution in [0.1, 0.15) is 59.3 Å². The lowest BCUT2D eigenvalue weighted by atomic mass is 9.64. The second kappa shape index (κ2) is 4.20. The highest BCUT2D eigenvalue weighted by atomic mass is 32.2. The second-order valence-electron chi connectivity index (χ2n) is 8.32. The fraction of sp³-hybridized carbons (Fsp3) is 0.789. The standard InChI is InChI=1S/C19H28OS/c1-12-9-10-15-17(2,3)16(12)18(21-4)11-13-7-5-6-8-14(13)19(15,18)20/h9,15-16,20H,5-8,10-11H2,1-4H3. The molecule has 0 aromatic rings. The number of aliphatic hydroxyl groups is 1. The monoisotopic (exact) mass is 304 g/mol. The van der Waals surface area contributed by atoms with Crippen LogP contribution in [0.5, 0.6) is 0 Å². The Morgan fingerprint density at radius 1 is 1.24 bits per heavy atom. The number of hydrogen-bond acceptors (Lipinski definition) is 2. The van der Waals surface area contributed by atoms with Crippen LogP contribution in [-0.4, -0.2) is 21.7 Å². The van der Waals surface area contributed by atoms with Crippen LogP contribution in [0.2, 0.25) is 0 Å². The van der Waals surface area contributed by atoms with E-state index in [-0.39, 0.29) is 10.2 Å². The highest BCUT2D eigenvalue weighted by Gasteiger charge is 2.75. The predicted octanol–water partition coefficient (Wildman–Crippen LogP) is 4.72. The van der Waals surface area contributed by atoms with Crippen LogP contribution in [0.4, 0.5) is 0 Å². The molecular weight excluding hydrogens is 276 g/mol. The van der Waals surface area contributed by atoms with Crippen molar-refractivity contribution in [3.63, 3.8) is 0 Å². The Labute approximate surface area is 133 Å². The lowest BCUT2D eigenvalue weighted by Crippen LogP contribution is -2.51. The van der Waals surface area contributed by atoms with E-state index < -0.39 is 5.60 Å². The average Bonchev–Trinajstić information content (AvgIpc) is 2.72. The molecule has 1 fully saturated rings. The highest BCUT2D eigenvalue weighted by Crippen LogP contribution is 2.74. The third-order valence-corrected chi connectivity index (χ3v) is 8.69. The SMILES string of the molecule is CSC12CC3=C(CCCC3)C1(O)C1CC=C(C)C2C1(C)C. The molecule has 1 N–H and O–H groups in total. The fourth-order valence-electron chi connectivity index (χ4n) is 6.69. The van der Waals surface area contributed by atoms with E-state index >= 15 is 0 Å². The number of hydrogen-bond donors (Lipinski definition) is 1. The van der Waals surface area contributed by atoms with Crippen molar-refractivity contribution in [1.82, 2.24) is 0 Å². The van der Waals surface area contributed by atoms with Crippen LogP contribution >= 0.6 is 11.8 Å². The van der Waals surface area contributed by atoms with Crippen LogP contribution < -0.4 is 0 Å². The molecule has 0 spiro atoms. The Morgan fingerprint density at radius 3 is 2.67 bits per heavy atom. The summed E-state index contributed by atoms with van der Waals surface area (Å²) in [6, 6.07) is 0. The van der Waals surface area contributed by atoms with Crippen LogP contribution in [0.25, 0.3) is 0 Å². The number of thioether (sulfide) groups is 1. The molecule has 0 amide bonds. The minimum atomic E-state index is -0.551. The summed E-state index contributed by atoms with van der Waals surface area (Å²) < 4.78 is 0.00720. The molecule has 2 heteroatoms. The maximum Gasteiger partial charge on any atom is 0.105 e. The fourth-order valence-corrected chi connectivity index (χ4v) is 8.31. The molecule has 0 saturated heterocycles. The van der Waals surface area contributed by atoms with Gasteiger partial charge in [-0.15, -0.1) is 0 Å². The molecule has 0 heterocycles. The van der Waals surface area contributed by atoms with E-state index in [0.717, 1.165) is 19.3 Å². The van der Waals surface area contributed by atoms with E-state index in [2.05, 4.69) is 33.1 Å². The molecule has 0 aromatic heterocycles. The molecule has 0 radical (unpaired) electrons. The molecule has 116 valence electrons. The zero-order chi connectivity index (χ0) is 15.0. The molecule has 1 saturated carbocycles. The summed E-state index contributed by atoms with van der Waals surface area (Å²) >= 11 is 1.97. The van der Waals surface area contributed by atoms with Gasteiger partial charge in [-0.05, 0) is 62.7 Å². The topological polar surface area (TPSA) is 20.2 Å². The van der Waals surface area contributed by atoms with Crippen molar-refractivity contribution in [1.29, 1.82) is 0 Å². The zero-order valence-electron chi connectivity index (χ0n) is 13.8. The summed E-state index contributed by atoms with van der Waals surface area (Å²) in [4.78, 5) is 0. The summed E-state index contributed by atoms with van der Waals surface area (Å²) in [6.45, 7) is 7.13. The van der Waals surface area contributed by atoms with Crippen molar-refractivity contribution in [2.24, 2.45) is 17.3 Å². The van der Waals surface area contributed by atoms with Gasteiger partial charge in [0.1, 0.15) is 5.60 Å². The van der Waals surface area contributed by atoms with Crippen molar-refractivity contribution in [3.8, 4) is 0 Å². The summed E-state index contributed by atoms with van der Waals surface area (Å²) in [5.41, 5.74) is 4.28. The summed E-state index contributed by atoms with van der Waals surface area (Å²) in [5.74, 6) is 0.922. The predicted molar refractivity (Wildman–Crippen MR) is 90.4 cm³/mol. The molecule has 4 aliphatic carbocycles. The first-order valence-electron chi connectivity index (χ1n) is 8.55. The van der Waals surface area contributed by atoms with Gasteiger partial charge in [0, 0.05) is 11.8 Å². The van der Waals surface area contributed by atoms with Crippen molar-refractivity contribution in [2.45, 2.75) is 69.6 Å². The minimum Gasteiger partial charge on any atom is -0.384 e. The van der Waals surface area contributed by atoms with E-state index in [0.29, 0.717) is 11.8 Å². The molecule has 2 bridgehead atoms. The number of fused-ring (bicyclic) bond motifs is 6. The van der Waals surface area contributed by atoms with Gasteiger partial charge in [-0.1, -0.05) is 31.1 Å². The molecular formula is C19H28OS. The lowest BCUT2D eigenvalue weighted by molar-refractivity contribution is 0.000141. The van der Waals surface area contributed by atoms with Gasteiger partial charge in [0.2, 0.25) is 0 Å². The zero-order valence-corrected chi connectivity index (χ0v) is 14.6. The van der Waals surface area contributed by atoms with Gasteiger partial charge >= 0.3 is 0 Å². The molecule has 4 rings (SSSR count). The molecule has 4 atom stereocenters. The van der Waals surface area contributed by atoms with E-state index in [4.69, 9.17) is 0 Å². The van der Waals surface area contributed by atoms with E-state index in [1.165, 1.54) is 30.4 Å². The van der Waals surface area contributed by atoms with Crippen LogP contribution in [0, 0.1) is 17.3 Å². The van der Waals surface area contributed by atoms with Gasteiger partial charge in [-0.25, -0.2) is 0 Å². The van der Waals surface area contributed by atoms with E-state index in [1.807, 2.05) is 11.8 Å². The third-order valence-electron chi connectivity index (χ3n) is 7.27. The van der Waals surface area contributed by atoms with Crippen LogP contribution in [0.3, 0.4) is 0 Å². The van der Waals surface area contributed by atoms with Gasteiger partial charge in [-0.2, -0.15) is 11.8 Å². The highest BCUT2D eigenvalue weighted by molar-refractivity contribution is 8.00. The Hall–Kier alpha value is -0.210. The Balaban J connectivity index is 1.96. The van der Waals surface area contributed by atoms with Gasteiger partial charge in [0.05, 0.1) is 4.75 Å². The average molecular weight is 304 g/mol. The Morgan fingerprint density at radius 2 is 1.95 bits per heavy atom. The minimum absolute atomic E-state index is 0.00720. The second-order valence-corrected chi connectivity index (χ2v) is 9.45. The molecule has 0 aliphatic heterocycles. The maximum atomic E-state index is 12.1. The van der Waals surface area contributed by atoms with Gasteiger partial charge in [-0.3, -0.25) is 0 Å². The Kier molecular flexibility index (Phi) is 2.88. The quantitative estimate of drug-likeness (QED) is 0.708. The Bertz CT molecular complexity index is 558. The summed E-state index contributed by atoms with van der Waals surface area (Å²) in [5, 5.41) is 12.1. The van der Waals surface area contributed by atoms with Crippen molar-refractivity contribution in [3.05, 3.63) is 22.8 Å². The molecule has 4 aliphatic rings. The van der Waals surface area contributed by atoms with Crippen LogP contribution in [0.15, 0.2) is 22.8 Å². The first-order chi connectivity index (χ1) is 9.89. The smallest absolute Gasteiger partial charge is 0.105 e. The van der Waals surface area contributed by atoms with Crippen molar-refractivity contribution in [2.75, 3.05) is 6.26 Å². The molecule has 0 aromatic carbocycles. The first kappa shape index (κ1) is 14.4. The molecule has 21 heavy (non-hydrogen) atoms. The normalized spacial score (nSPS) is 47.2. The molecule has 1 nitrogen and oxygen atoms in total. The number of allylic oxidation sites excluding steroid dienone is 3. The van der Waals surface area contributed by atoms with Crippen LogP contribution in [-0.2, 0) is 0 Å².